The van der Waals surface area contributed by atoms with Crippen molar-refractivity contribution >= 4 is 11.6 Å². The molecule has 1 aliphatic heterocycles. The first-order valence-corrected chi connectivity index (χ1v) is 5.11. The minimum absolute atomic E-state index is 0.130. The number of halogens is 1. The van der Waals surface area contributed by atoms with Gasteiger partial charge in [0.15, 0.2) is 0 Å². The fraction of sp³-hybridized carbons (Fsp3) is 0.556. The van der Waals surface area contributed by atoms with Crippen LogP contribution in [-0.4, -0.2) is 22.6 Å². The number of nitrogens with zero attached hydrogens (tertiary/aromatic N) is 2. The van der Waals surface area contributed by atoms with Gasteiger partial charge < -0.3 is 11.1 Å². The standard InChI is InChI=1S/C9H13ClN4/c10-6-4-13-9(14-5-6)8(11)7-2-1-3-12-7/h4-5,7-8,12H,1-3,11H2/t7-,8?/m0/s1. The molecule has 0 aliphatic carbocycles. The average Bonchev–Trinajstić information content (AvgIpc) is 2.71. The van der Waals surface area contributed by atoms with E-state index in [1.54, 1.807) is 12.4 Å². The van der Waals surface area contributed by atoms with Gasteiger partial charge in [0.2, 0.25) is 0 Å². The maximum atomic E-state index is 6.02. The topological polar surface area (TPSA) is 63.8 Å². The van der Waals surface area contributed by atoms with Gasteiger partial charge in [0, 0.05) is 18.4 Å². The lowest BCUT2D eigenvalue weighted by atomic mass is 10.1. The maximum absolute atomic E-state index is 6.02. The van der Waals surface area contributed by atoms with Crippen molar-refractivity contribution in [2.45, 2.75) is 24.9 Å². The van der Waals surface area contributed by atoms with Crippen LogP contribution in [0, 0.1) is 0 Å². The Morgan fingerprint density at radius 1 is 1.50 bits per heavy atom. The summed E-state index contributed by atoms with van der Waals surface area (Å²) in [6, 6.07) is 0.172. The van der Waals surface area contributed by atoms with Gasteiger partial charge in [-0.1, -0.05) is 11.6 Å². The highest BCUT2D eigenvalue weighted by atomic mass is 35.5. The van der Waals surface area contributed by atoms with Crippen LogP contribution >= 0.6 is 11.6 Å². The molecule has 14 heavy (non-hydrogen) atoms. The van der Waals surface area contributed by atoms with E-state index < -0.39 is 0 Å². The van der Waals surface area contributed by atoms with Gasteiger partial charge in [0.25, 0.3) is 0 Å². The average molecular weight is 213 g/mol. The van der Waals surface area contributed by atoms with Crippen LogP contribution in [0.3, 0.4) is 0 Å². The van der Waals surface area contributed by atoms with Crippen LogP contribution in [0.15, 0.2) is 12.4 Å². The molecule has 76 valence electrons. The summed E-state index contributed by atoms with van der Waals surface area (Å²) >= 11 is 5.69. The van der Waals surface area contributed by atoms with Crippen molar-refractivity contribution in [3.05, 3.63) is 23.2 Å². The zero-order valence-electron chi connectivity index (χ0n) is 7.78. The molecule has 5 heteroatoms. The molecule has 0 saturated carbocycles. The van der Waals surface area contributed by atoms with Crippen LogP contribution in [0.5, 0.6) is 0 Å². The second-order valence-corrected chi connectivity index (χ2v) is 3.92. The van der Waals surface area contributed by atoms with Gasteiger partial charge in [-0.05, 0) is 19.4 Å². The minimum Gasteiger partial charge on any atom is -0.320 e. The molecule has 2 heterocycles. The predicted molar refractivity (Wildman–Crippen MR) is 55.0 cm³/mol. The van der Waals surface area contributed by atoms with Crippen LogP contribution in [0.4, 0.5) is 0 Å². The second-order valence-electron chi connectivity index (χ2n) is 3.49. The van der Waals surface area contributed by atoms with Gasteiger partial charge in [-0.3, -0.25) is 0 Å². The highest BCUT2D eigenvalue weighted by Crippen LogP contribution is 2.18. The summed E-state index contributed by atoms with van der Waals surface area (Å²) in [5.41, 5.74) is 6.02. The Morgan fingerprint density at radius 3 is 2.79 bits per heavy atom. The normalized spacial score (nSPS) is 23.7. The summed E-state index contributed by atoms with van der Waals surface area (Å²) in [7, 11) is 0. The minimum atomic E-state index is -0.130. The highest BCUT2D eigenvalue weighted by Gasteiger charge is 2.24. The third-order valence-electron chi connectivity index (χ3n) is 2.47. The molecule has 2 rings (SSSR count). The van der Waals surface area contributed by atoms with Crippen LogP contribution in [0.1, 0.15) is 24.7 Å². The second kappa shape index (κ2) is 4.21. The van der Waals surface area contributed by atoms with E-state index in [2.05, 4.69) is 15.3 Å². The molecule has 3 N–H and O–H groups in total. The molecule has 1 aliphatic rings. The van der Waals surface area contributed by atoms with Crippen molar-refractivity contribution in [2.24, 2.45) is 5.73 Å². The lowest BCUT2D eigenvalue weighted by Gasteiger charge is -2.17. The number of rotatable bonds is 2. The third-order valence-corrected chi connectivity index (χ3v) is 2.67. The van der Waals surface area contributed by atoms with E-state index in [9.17, 15) is 0 Å². The van der Waals surface area contributed by atoms with Gasteiger partial charge in [0.05, 0.1) is 11.1 Å². The summed E-state index contributed by atoms with van der Waals surface area (Å²) in [5, 5.41) is 3.87. The molecule has 0 bridgehead atoms. The van der Waals surface area contributed by atoms with Crippen LogP contribution in [0.2, 0.25) is 5.02 Å². The van der Waals surface area contributed by atoms with Gasteiger partial charge >= 0.3 is 0 Å². The van der Waals surface area contributed by atoms with Gasteiger partial charge in [-0.15, -0.1) is 0 Å². The molecule has 4 nitrogen and oxygen atoms in total. The fourth-order valence-corrected chi connectivity index (χ4v) is 1.79. The van der Waals surface area contributed by atoms with Crippen LogP contribution in [0.25, 0.3) is 0 Å². The SMILES string of the molecule is NC(c1ncc(Cl)cn1)[C@@H]1CCCN1. The lowest BCUT2D eigenvalue weighted by molar-refractivity contribution is 0.481. The molecular formula is C9H13ClN4. The quantitative estimate of drug-likeness (QED) is 0.764. The molecular weight excluding hydrogens is 200 g/mol. The Balaban J connectivity index is 2.09. The molecule has 1 fully saturated rings. The zero-order valence-corrected chi connectivity index (χ0v) is 8.54. The number of hydrogen-bond donors (Lipinski definition) is 2. The monoisotopic (exact) mass is 212 g/mol. The van der Waals surface area contributed by atoms with Crippen molar-refractivity contribution < 1.29 is 0 Å². The largest absolute Gasteiger partial charge is 0.320 e. The zero-order chi connectivity index (χ0) is 9.97. The van der Waals surface area contributed by atoms with E-state index in [0.29, 0.717) is 16.9 Å². The first kappa shape index (κ1) is 9.83. The molecule has 0 radical (unpaired) electrons. The van der Waals surface area contributed by atoms with Gasteiger partial charge in [0.1, 0.15) is 5.82 Å². The van der Waals surface area contributed by atoms with E-state index in [1.807, 2.05) is 0 Å². The van der Waals surface area contributed by atoms with Crippen molar-refractivity contribution in [3.63, 3.8) is 0 Å². The molecule has 1 saturated heterocycles. The Hall–Kier alpha value is -0.710. The third kappa shape index (κ3) is 2.03. The van der Waals surface area contributed by atoms with Crippen LogP contribution < -0.4 is 11.1 Å². The number of nitrogens with one attached hydrogen (secondary N) is 1. The van der Waals surface area contributed by atoms with Crippen LogP contribution in [-0.2, 0) is 0 Å². The van der Waals surface area contributed by atoms with E-state index in [-0.39, 0.29) is 6.04 Å². The highest BCUT2D eigenvalue weighted by molar-refractivity contribution is 6.30. The van der Waals surface area contributed by atoms with E-state index >= 15 is 0 Å². The Bertz CT molecular complexity index is 294. The summed E-state index contributed by atoms with van der Waals surface area (Å²) in [5.74, 6) is 0.661. The van der Waals surface area contributed by atoms with E-state index in [4.69, 9.17) is 17.3 Å². The molecule has 0 amide bonds. The summed E-state index contributed by atoms with van der Waals surface area (Å²) < 4.78 is 0. The van der Waals surface area contributed by atoms with Crippen molar-refractivity contribution in [1.82, 2.24) is 15.3 Å². The summed E-state index contributed by atoms with van der Waals surface area (Å²) in [6.07, 6.45) is 5.43. The molecule has 1 unspecified atom stereocenters. The predicted octanol–water partition coefficient (Wildman–Crippen LogP) is 0.882. The Morgan fingerprint density at radius 2 is 2.21 bits per heavy atom. The van der Waals surface area contributed by atoms with Gasteiger partial charge in [-0.25, -0.2) is 9.97 Å². The Kier molecular flexibility index (Phi) is 2.96. The molecule has 0 spiro atoms. The van der Waals surface area contributed by atoms with E-state index in [0.717, 1.165) is 13.0 Å². The van der Waals surface area contributed by atoms with E-state index in [1.165, 1.54) is 6.42 Å². The molecule has 2 atom stereocenters. The fourth-order valence-electron chi connectivity index (χ4n) is 1.69. The first-order chi connectivity index (χ1) is 6.77. The maximum Gasteiger partial charge on any atom is 0.146 e. The number of aromatic nitrogens is 2. The Labute approximate surface area is 87.9 Å². The van der Waals surface area contributed by atoms with Crippen molar-refractivity contribution in [2.75, 3.05) is 6.54 Å². The number of hydrogen-bond acceptors (Lipinski definition) is 4. The molecule has 1 aromatic rings. The smallest absolute Gasteiger partial charge is 0.146 e. The van der Waals surface area contributed by atoms with Crippen molar-refractivity contribution in [1.29, 1.82) is 0 Å². The molecule has 0 aromatic carbocycles. The van der Waals surface area contributed by atoms with Crippen molar-refractivity contribution in [3.8, 4) is 0 Å². The first-order valence-electron chi connectivity index (χ1n) is 4.74. The lowest BCUT2D eigenvalue weighted by Crippen LogP contribution is -2.35. The summed E-state index contributed by atoms with van der Waals surface area (Å²) in [4.78, 5) is 8.23. The number of nitrogens with two attached hydrogens (primary N) is 1. The summed E-state index contributed by atoms with van der Waals surface area (Å²) in [6.45, 7) is 1.03. The molecule has 1 aromatic heterocycles. The van der Waals surface area contributed by atoms with Gasteiger partial charge in [-0.2, -0.15) is 0 Å².